The Morgan fingerprint density at radius 1 is 1.36 bits per heavy atom. The number of aromatic nitrogens is 1. The molecule has 1 aromatic carbocycles. The molecule has 7 nitrogen and oxygen atoms in total. The Bertz CT molecular complexity index is 730. The maximum atomic E-state index is 12.1. The lowest BCUT2D eigenvalue weighted by molar-refractivity contribution is -0.130. The Morgan fingerprint density at radius 3 is 2.88 bits per heavy atom. The lowest BCUT2D eigenvalue weighted by Gasteiger charge is -2.12. The van der Waals surface area contributed by atoms with Gasteiger partial charge in [0, 0.05) is 32.4 Å². The molecule has 0 radical (unpaired) electrons. The highest BCUT2D eigenvalue weighted by Crippen LogP contribution is 2.14. The van der Waals surface area contributed by atoms with E-state index < -0.39 is 0 Å². The van der Waals surface area contributed by atoms with Crippen LogP contribution in [0.4, 0.5) is 0 Å². The summed E-state index contributed by atoms with van der Waals surface area (Å²) in [7, 11) is 3.35. The molecule has 0 aliphatic carbocycles. The van der Waals surface area contributed by atoms with Crippen LogP contribution in [0.25, 0.3) is 0 Å². The fourth-order valence-electron chi connectivity index (χ4n) is 1.95. The number of carbonyl (C=O) groups is 2. The van der Waals surface area contributed by atoms with Gasteiger partial charge in [-0.2, -0.15) is 0 Å². The highest BCUT2D eigenvalue weighted by atomic mass is 32.1. The summed E-state index contributed by atoms with van der Waals surface area (Å²) in [4.78, 5) is 29.4. The van der Waals surface area contributed by atoms with Gasteiger partial charge < -0.3 is 20.7 Å². The zero-order valence-corrected chi connectivity index (χ0v) is 15.1. The van der Waals surface area contributed by atoms with Gasteiger partial charge in [-0.25, -0.2) is 4.98 Å². The maximum absolute atomic E-state index is 12.1. The van der Waals surface area contributed by atoms with Crippen LogP contribution in [0.15, 0.2) is 29.6 Å². The minimum Gasteiger partial charge on any atom is -0.484 e. The number of benzene rings is 1. The molecule has 0 saturated heterocycles. The molecule has 0 unspecified atom stereocenters. The summed E-state index contributed by atoms with van der Waals surface area (Å²) < 4.78 is 5.47. The first kappa shape index (κ1) is 18.9. The number of amides is 2. The van der Waals surface area contributed by atoms with Crippen molar-refractivity contribution in [3.63, 3.8) is 0 Å². The highest BCUT2D eigenvalue weighted by molar-refractivity contribution is 7.09. The number of nitrogens with one attached hydrogen (secondary N) is 1. The van der Waals surface area contributed by atoms with Gasteiger partial charge in [0.25, 0.3) is 11.8 Å². The summed E-state index contributed by atoms with van der Waals surface area (Å²) in [6, 6.07) is 7.26. The van der Waals surface area contributed by atoms with E-state index >= 15 is 0 Å². The second-order valence-corrected chi connectivity index (χ2v) is 6.51. The van der Waals surface area contributed by atoms with Gasteiger partial charge in [0.1, 0.15) is 11.4 Å². The number of ether oxygens (including phenoxy) is 1. The summed E-state index contributed by atoms with van der Waals surface area (Å²) in [6.45, 7) is 0.838. The van der Waals surface area contributed by atoms with Gasteiger partial charge >= 0.3 is 0 Å². The normalized spacial score (nSPS) is 10.4. The van der Waals surface area contributed by atoms with E-state index in [2.05, 4.69) is 10.3 Å². The summed E-state index contributed by atoms with van der Waals surface area (Å²) >= 11 is 1.43. The third-order valence-corrected chi connectivity index (χ3v) is 4.26. The summed E-state index contributed by atoms with van der Waals surface area (Å²) in [5, 5.41) is 5.41. The zero-order valence-electron chi connectivity index (χ0n) is 14.3. The van der Waals surface area contributed by atoms with Crippen LogP contribution in [0.2, 0.25) is 0 Å². The quantitative estimate of drug-likeness (QED) is 0.731. The number of rotatable bonds is 8. The number of hydrogen-bond donors (Lipinski definition) is 2. The van der Waals surface area contributed by atoms with Gasteiger partial charge in [-0.05, 0) is 24.2 Å². The van der Waals surface area contributed by atoms with Gasteiger partial charge in [0.15, 0.2) is 6.61 Å². The van der Waals surface area contributed by atoms with Crippen molar-refractivity contribution < 1.29 is 14.3 Å². The van der Waals surface area contributed by atoms with Crippen LogP contribution in [0, 0.1) is 0 Å². The minimum atomic E-state index is -0.228. The molecule has 0 saturated carbocycles. The van der Waals surface area contributed by atoms with Crippen LogP contribution in [-0.4, -0.2) is 48.9 Å². The van der Waals surface area contributed by atoms with Gasteiger partial charge in [-0.15, -0.1) is 11.3 Å². The first-order chi connectivity index (χ1) is 12.0. The van der Waals surface area contributed by atoms with E-state index in [4.69, 9.17) is 10.5 Å². The average molecular weight is 362 g/mol. The topological polar surface area (TPSA) is 97.5 Å². The largest absolute Gasteiger partial charge is 0.484 e. The van der Waals surface area contributed by atoms with E-state index in [0.717, 1.165) is 10.6 Å². The first-order valence-electron chi connectivity index (χ1n) is 7.84. The Kier molecular flexibility index (Phi) is 6.91. The number of nitrogens with zero attached hydrogens (tertiary/aromatic N) is 2. The first-order valence-corrected chi connectivity index (χ1v) is 8.72. The van der Waals surface area contributed by atoms with E-state index in [1.54, 1.807) is 31.6 Å². The van der Waals surface area contributed by atoms with Crippen LogP contribution in [0.1, 0.15) is 21.1 Å². The molecule has 2 rings (SSSR count). The zero-order chi connectivity index (χ0) is 18.2. The predicted molar refractivity (Wildman–Crippen MR) is 96.7 cm³/mol. The fraction of sp³-hybridized carbons (Fsp3) is 0.353. The fourth-order valence-corrected chi connectivity index (χ4v) is 2.74. The molecule has 1 heterocycles. The Labute approximate surface area is 150 Å². The molecule has 1 aromatic heterocycles. The minimum absolute atomic E-state index is 0.0223. The Morgan fingerprint density at radius 2 is 2.16 bits per heavy atom. The van der Waals surface area contributed by atoms with Gasteiger partial charge in [-0.3, -0.25) is 9.59 Å². The molecule has 8 heteroatoms. The molecule has 0 aliphatic rings. The standard InChI is InChI=1S/C17H22N4O3S/c1-21(2)16(22)10-24-13-5-3-4-12(8-13)9-19-17(23)14-11-25-15(20-14)6-7-18/h3-5,8,11H,6-7,9-10,18H2,1-2H3,(H,19,23). The van der Waals surface area contributed by atoms with Crippen LogP contribution in [0.5, 0.6) is 5.75 Å². The molecule has 0 fully saturated rings. The van der Waals surface area contributed by atoms with E-state index in [1.165, 1.54) is 16.2 Å². The van der Waals surface area contributed by atoms with Crippen LogP contribution < -0.4 is 15.8 Å². The number of hydrogen-bond acceptors (Lipinski definition) is 6. The molecule has 2 aromatic rings. The molecule has 3 N–H and O–H groups in total. The molecule has 2 amide bonds. The van der Waals surface area contributed by atoms with E-state index in [9.17, 15) is 9.59 Å². The van der Waals surface area contributed by atoms with E-state index in [-0.39, 0.29) is 18.4 Å². The molecule has 0 aliphatic heterocycles. The SMILES string of the molecule is CN(C)C(=O)COc1cccc(CNC(=O)c2csc(CCN)n2)c1. The van der Waals surface area contributed by atoms with Crippen molar-refractivity contribution in [1.29, 1.82) is 0 Å². The third-order valence-electron chi connectivity index (χ3n) is 3.36. The predicted octanol–water partition coefficient (Wildman–Crippen LogP) is 1.04. The number of nitrogens with two attached hydrogens (primary N) is 1. The second-order valence-electron chi connectivity index (χ2n) is 5.57. The Hall–Kier alpha value is -2.45. The lowest BCUT2D eigenvalue weighted by Crippen LogP contribution is -2.27. The van der Waals surface area contributed by atoms with Crippen molar-refractivity contribution in [2.45, 2.75) is 13.0 Å². The second kappa shape index (κ2) is 9.14. The van der Waals surface area contributed by atoms with Gasteiger partial charge in [0.2, 0.25) is 0 Å². The van der Waals surface area contributed by atoms with Crippen molar-refractivity contribution in [2.75, 3.05) is 27.2 Å². The van der Waals surface area contributed by atoms with Crippen molar-refractivity contribution in [3.8, 4) is 5.75 Å². The van der Waals surface area contributed by atoms with Gasteiger partial charge in [-0.1, -0.05) is 12.1 Å². The van der Waals surface area contributed by atoms with Crippen LogP contribution in [-0.2, 0) is 17.8 Å². The molecule has 0 spiro atoms. The average Bonchev–Trinajstić information content (AvgIpc) is 3.07. The Balaban J connectivity index is 1.88. The highest BCUT2D eigenvalue weighted by Gasteiger charge is 2.10. The van der Waals surface area contributed by atoms with Crippen LogP contribution in [0.3, 0.4) is 0 Å². The molecule has 0 bridgehead atoms. The smallest absolute Gasteiger partial charge is 0.271 e. The molecule has 25 heavy (non-hydrogen) atoms. The number of likely N-dealkylation sites (N-methyl/N-ethyl adjacent to an activating group) is 1. The van der Waals surface area contributed by atoms with Crippen molar-refractivity contribution in [1.82, 2.24) is 15.2 Å². The summed E-state index contributed by atoms with van der Waals surface area (Å²) in [5.41, 5.74) is 6.76. The van der Waals surface area contributed by atoms with Crippen LogP contribution >= 0.6 is 11.3 Å². The maximum Gasteiger partial charge on any atom is 0.271 e. The lowest BCUT2D eigenvalue weighted by atomic mass is 10.2. The van der Waals surface area contributed by atoms with Crippen molar-refractivity contribution in [3.05, 3.63) is 45.9 Å². The summed E-state index contributed by atoms with van der Waals surface area (Å²) in [6.07, 6.45) is 0.670. The van der Waals surface area contributed by atoms with E-state index in [1.807, 2.05) is 12.1 Å². The molecular weight excluding hydrogens is 340 g/mol. The van der Waals surface area contributed by atoms with Crippen molar-refractivity contribution in [2.24, 2.45) is 5.73 Å². The number of carbonyl (C=O) groups excluding carboxylic acids is 2. The van der Waals surface area contributed by atoms with Gasteiger partial charge in [0.05, 0.1) is 5.01 Å². The molecule has 134 valence electrons. The third kappa shape index (κ3) is 5.84. The van der Waals surface area contributed by atoms with E-state index in [0.29, 0.717) is 31.0 Å². The number of thiazole rings is 1. The van der Waals surface area contributed by atoms with Crippen molar-refractivity contribution >= 4 is 23.2 Å². The molecule has 0 atom stereocenters. The summed E-state index contributed by atoms with van der Waals surface area (Å²) in [5.74, 6) is 0.241. The molecular formula is C17H22N4O3S. The monoisotopic (exact) mass is 362 g/mol.